The van der Waals surface area contributed by atoms with E-state index in [9.17, 15) is 5.11 Å². The van der Waals surface area contributed by atoms with Crippen molar-refractivity contribution in [2.75, 3.05) is 26.2 Å². The van der Waals surface area contributed by atoms with Crippen LogP contribution in [-0.4, -0.2) is 36.2 Å². The molecular weight excluding hydrogens is 236 g/mol. The van der Waals surface area contributed by atoms with Gasteiger partial charge < -0.3 is 10.4 Å². The predicted octanol–water partition coefficient (Wildman–Crippen LogP) is 2.40. The van der Waals surface area contributed by atoms with E-state index in [1.807, 2.05) is 6.07 Å². The highest BCUT2D eigenvalue weighted by Gasteiger charge is 2.22. The molecule has 1 atom stereocenters. The summed E-state index contributed by atoms with van der Waals surface area (Å²) in [6.45, 7) is 6.21. The number of aromatic hydroxyl groups is 1. The lowest BCUT2D eigenvalue weighted by molar-refractivity contribution is 0.167. The first-order valence-corrected chi connectivity index (χ1v) is 6.53. The molecule has 2 N–H and O–H groups in total. The van der Waals surface area contributed by atoms with Crippen LogP contribution < -0.4 is 5.32 Å². The molecule has 0 unspecified atom stereocenters. The van der Waals surface area contributed by atoms with E-state index in [1.165, 1.54) is 0 Å². The molecule has 3 nitrogen and oxygen atoms in total. The van der Waals surface area contributed by atoms with Crippen LogP contribution in [0.3, 0.4) is 0 Å². The Hall–Kier alpha value is -0.770. The summed E-state index contributed by atoms with van der Waals surface area (Å²) in [7, 11) is 0. The molecule has 94 valence electrons. The third-order valence-electron chi connectivity index (χ3n) is 3.33. The smallest absolute Gasteiger partial charge is 0.120 e. The van der Waals surface area contributed by atoms with Gasteiger partial charge in [0.25, 0.3) is 0 Å². The average Bonchev–Trinajstić information content (AvgIpc) is 2.36. The molecule has 0 radical (unpaired) electrons. The first kappa shape index (κ1) is 12.7. The number of hydrogen-bond donors (Lipinski definition) is 2. The fourth-order valence-corrected chi connectivity index (χ4v) is 2.64. The number of phenols is 1. The first-order valence-electron chi connectivity index (χ1n) is 6.15. The second-order valence-electron chi connectivity index (χ2n) is 4.41. The van der Waals surface area contributed by atoms with Gasteiger partial charge in [-0.15, -0.1) is 0 Å². The monoisotopic (exact) mass is 254 g/mol. The van der Waals surface area contributed by atoms with E-state index >= 15 is 0 Å². The van der Waals surface area contributed by atoms with Crippen LogP contribution in [0.15, 0.2) is 18.2 Å². The van der Waals surface area contributed by atoms with Gasteiger partial charge in [-0.3, -0.25) is 4.90 Å². The Kier molecular flexibility index (Phi) is 4.26. The summed E-state index contributed by atoms with van der Waals surface area (Å²) >= 11 is 6.01. The van der Waals surface area contributed by atoms with Gasteiger partial charge in [0.15, 0.2) is 0 Å². The van der Waals surface area contributed by atoms with Gasteiger partial charge in [-0.2, -0.15) is 0 Å². The molecule has 4 heteroatoms. The Morgan fingerprint density at radius 1 is 1.41 bits per heavy atom. The lowest BCUT2D eigenvalue weighted by atomic mass is 10.0. The van der Waals surface area contributed by atoms with Gasteiger partial charge in [0.1, 0.15) is 5.75 Å². The molecule has 1 aromatic carbocycles. The minimum absolute atomic E-state index is 0.260. The summed E-state index contributed by atoms with van der Waals surface area (Å²) in [6.07, 6.45) is 0.980. The number of hydrogen-bond acceptors (Lipinski definition) is 3. The van der Waals surface area contributed by atoms with E-state index < -0.39 is 0 Å². The van der Waals surface area contributed by atoms with Crippen molar-refractivity contribution >= 4 is 11.6 Å². The van der Waals surface area contributed by atoms with Crippen molar-refractivity contribution in [1.29, 1.82) is 0 Å². The second-order valence-corrected chi connectivity index (χ2v) is 4.85. The number of nitrogens with one attached hydrogen (secondary N) is 1. The molecule has 1 aliphatic rings. The zero-order valence-corrected chi connectivity index (χ0v) is 10.9. The fraction of sp³-hybridized carbons (Fsp3) is 0.538. The van der Waals surface area contributed by atoms with Crippen molar-refractivity contribution < 1.29 is 5.11 Å². The number of halogens is 1. The number of nitrogens with zero attached hydrogens (tertiary/aromatic N) is 1. The molecule has 0 saturated carbocycles. The molecule has 1 aliphatic heterocycles. The van der Waals surface area contributed by atoms with Gasteiger partial charge in [0.2, 0.25) is 0 Å². The van der Waals surface area contributed by atoms with E-state index in [0.29, 0.717) is 10.8 Å². The summed E-state index contributed by atoms with van der Waals surface area (Å²) in [5, 5.41) is 14.0. The minimum atomic E-state index is 0.260. The largest absolute Gasteiger partial charge is 0.508 e. The van der Waals surface area contributed by atoms with Crippen LogP contribution in [0.2, 0.25) is 5.02 Å². The second kappa shape index (κ2) is 5.71. The summed E-state index contributed by atoms with van der Waals surface area (Å²) in [5.74, 6) is 0.347. The molecule has 0 aliphatic carbocycles. The van der Waals surface area contributed by atoms with Crippen LogP contribution in [0, 0.1) is 0 Å². The summed E-state index contributed by atoms with van der Waals surface area (Å²) in [5.41, 5.74) is 0.946. The van der Waals surface area contributed by atoms with E-state index in [4.69, 9.17) is 11.6 Å². The van der Waals surface area contributed by atoms with Crippen molar-refractivity contribution in [2.24, 2.45) is 0 Å². The zero-order chi connectivity index (χ0) is 12.3. The molecule has 2 rings (SSSR count). The van der Waals surface area contributed by atoms with Gasteiger partial charge >= 0.3 is 0 Å². The quantitative estimate of drug-likeness (QED) is 0.870. The maximum Gasteiger partial charge on any atom is 0.120 e. The summed E-state index contributed by atoms with van der Waals surface area (Å²) in [4.78, 5) is 2.40. The van der Waals surface area contributed by atoms with Crippen molar-refractivity contribution in [3.63, 3.8) is 0 Å². The average molecular weight is 255 g/mol. The molecule has 1 heterocycles. The Morgan fingerprint density at radius 3 is 2.76 bits per heavy atom. The normalized spacial score (nSPS) is 19.2. The van der Waals surface area contributed by atoms with Crippen LogP contribution in [0.5, 0.6) is 5.75 Å². The van der Waals surface area contributed by atoms with E-state index in [2.05, 4.69) is 17.1 Å². The van der Waals surface area contributed by atoms with E-state index in [0.717, 1.165) is 38.2 Å². The molecule has 0 spiro atoms. The number of phenolic OH excluding ortho intramolecular Hbond substituents is 1. The van der Waals surface area contributed by atoms with E-state index in [1.54, 1.807) is 12.1 Å². The topological polar surface area (TPSA) is 35.5 Å². The van der Waals surface area contributed by atoms with Gasteiger partial charge in [0.05, 0.1) is 0 Å². The van der Waals surface area contributed by atoms with Crippen molar-refractivity contribution in [1.82, 2.24) is 10.2 Å². The molecule has 17 heavy (non-hydrogen) atoms. The van der Waals surface area contributed by atoms with Crippen molar-refractivity contribution in [2.45, 2.75) is 19.4 Å². The molecular formula is C13H19ClN2O. The number of piperazine rings is 1. The van der Waals surface area contributed by atoms with Crippen LogP contribution in [0.1, 0.15) is 24.9 Å². The summed E-state index contributed by atoms with van der Waals surface area (Å²) < 4.78 is 0. The highest BCUT2D eigenvalue weighted by atomic mass is 35.5. The lowest BCUT2D eigenvalue weighted by Gasteiger charge is -2.35. The lowest BCUT2D eigenvalue weighted by Crippen LogP contribution is -2.45. The highest BCUT2D eigenvalue weighted by molar-refractivity contribution is 6.30. The summed E-state index contributed by atoms with van der Waals surface area (Å²) in [6, 6.07) is 5.55. The third kappa shape index (κ3) is 2.92. The van der Waals surface area contributed by atoms with Gasteiger partial charge in [0, 0.05) is 42.8 Å². The fourth-order valence-electron chi connectivity index (χ4n) is 2.46. The molecule has 1 aromatic rings. The van der Waals surface area contributed by atoms with Crippen LogP contribution in [0.4, 0.5) is 0 Å². The first-order chi connectivity index (χ1) is 8.22. The minimum Gasteiger partial charge on any atom is -0.508 e. The number of benzene rings is 1. The molecule has 0 amide bonds. The third-order valence-corrected chi connectivity index (χ3v) is 3.56. The molecule has 1 fully saturated rings. The Balaban J connectivity index is 2.24. The maximum absolute atomic E-state index is 9.97. The zero-order valence-electron chi connectivity index (χ0n) is 10.1. The van der Waals surface area contributed by atoms with Crippen LogP contribution in [0.25, 0.3) is 0 Å². The van der Waals surface area contributed by atoms with Gasteiger partial charge in [-0.25, -0.2) is 0 Å². The van der Waals surface area contributed by atoms with Crippen molar-refractivity contribution in [3.8, 4) is 5.75 Å². The molecule has 0 bridgehead atoms. The van der Waals surface area contributed by atoms with E-state index in [-0.39, 0.29) is 6.04 Å². The standard InChI is InChI=1S/C13H19ClN2O/c1-2-12(16-7-5-15-6-8-16)11-9-10(14)3-4-13(11)17/h3-4,9,12,15,17H,2,5-8H2,1H3/t12-/m1/s1. The maximum atomic E-state index is 9.97. The Morgan fingerprint density at radius 2 is 2.12 bits per heavy atom. The highest BCUT2D eigenvalue weighted by Crippen LogP contribution is 2.33. The predicted molar refractivity (Wildman–Crippen MR) is 70.6 cm³/mol. The molecule has 1 saturated heterocycles. The van der Waals surface area contributed by atoms with Gasteiger partial charge in [-0.1, -0.05) is 18.5 Å². The van der Waals surface area contributed by atoms with Gasteiger partial charge in [-0.05, 0) is 24.6 Å². The Labute approximate surface area is 107 Å². The molecule has 0 aromatic heterocycles. The Bertz CT molecular complexity index is 378. The van der Waals surface area contributed by atoms with Crippen molar-refractivity contribution in [3.05, 3.63) is 28.8 Å². The number of rotatable bonds is 3. The SMILES string of the molecule is CC[C@H](c1cc(Cl)ccc1O)N1CCNCC1. The van der Waals surface area contributed by atoms with Crippen LogP contribution >= 0.6 is 11.6 Å². The van der Waals surface area contributed by atoms with Crippen LogP contribution in [-0.2, 0) is 0 Å².